The molecule has 0 bridgehead atoms. The molecule has 0 fully saturated rings. The van der Waals surface area contributed by atoms with Crippen LogP contribution in [0.4, 0.5) is 13.2 Å². The number of para-hydroxylation sites is 1. The SMILES string of the molecule is CC(NC(=O)c1cc2ccccc2[nH]1)c1ccc(C(F)(F)F)cc1. The van der Waals surface area contributed by atoms with E-state index < -0.39 is 17.8 Å². The summed E-state index contributed by atoms with van der Waals surface area (Å²) < 4.78 is 37.7. The first-order valence-corrected chi connectivity index (χ1v) is 7.40. The van der Waals surface area contributed by atoms with Gasteiger partial charge in [0.2, 0.25) is 0 Å². The third-order valence-corrected chi connectivity index (χ3v) is 3.86. The molecule has 0 aliphatic heterocycles. The van der Waals surface area contributed by atoms with Gasteiger partial charge in [0.15, 0.2) is 0 Å². The second-order valence-electron chi connectivity index (χ2n) is 5.59. The Morgan fingerprint density at radius 1 is 1.08 bits per heavy atom. The molecule has 24 heavy (non-hydrogen) atoms. The molecule has 2 N–H and O–H groups in total. The third kappa shape index (κ3) is 3.27. The van der Waals surface area contributed by atoms with Gasteiger partial charge in [-0.15, -0.1) is 0 Å². The van der Waals surface area contributed by atoms with Gasteiger partial charge in [0.25, 0.3) is 5.91 Å². The van der Waals surface area contributed by atoms with Crippen LogP contribution in [0.5, 0.6) is 0 Å². The fraction of sp³-hybridized carbons (Fsp3) is 0.167. The highest BCUT2D eigenvalue weighted by Crippen LogP contribution is 2.30. The number of halogens is 3. The first-order valence-electron chi connectivity index (χ1n) is 7.40. The number of fused-ring (bicyclic) bond motifs is 1. The predicted molar refractivity (Wildman–Crippen MR) is 85.6 cm³/mol. The van der Waals surface area contributed by atoms with Crippen LogP contribution in [0.2, 0.25) is 0 Å². The molecule has 0 saturated heterocycles. The van der Waals surface area contributed by atoms with Crippen molar-refractivity contribution in [2.75, 3.05) is 0 Å². The van der Waals surface area contributed by atoms with Crippen LogP contribution in [0.1, 0.15) is 34.6 Å². The number of carbonyl (C=O) groups is 1. The van der Waals surface area contributed by atoms with Crippen LogP contribution in [-0.4, -0.2) is 10.9 Å². The third-order valence-electron chi connectivity index (χ3n) is 3.86. The van der Waals surface area contributed by atoms with Crippen LogP contribution < -0.4 is 5.32 Å². The van der Waals surface area contributed by atoms with Crippen molar-refractivity contribution in [3.05, 3.63) is 71.4 Å². The summed E-state index contributed by atoms with van der Waals surface area (Å²) in [6.07, 6.45) is -4.37. The molecule has 3 nitrogen and oxygen atoms in total. The first-order chi connectivity index (χ1) is 11.3. The summed E-state index contributed by atoms with van der Waals surface area (Å²) in [6.45, 7) is 1.73. The number of benzene rings is 2. The molecule has 1 amide bonds. The van der Waals surface area contributed by atoms with Crippen molar-refractivity contribution in [2.24, 2.45) is 0 Å². The van der Waals surface area contributed by atoms with Gasteiger partial charge in [0, 0.05) is 10.9 Å². The molecule has 3 rings (SSSR count). The molecule has 2 aromatic carbocycles. The maximum absolute atomic E-state index is 12.6. The Balaban J connectivity index is 1.74. The fourth-order valence-electron chi connectivity index (χ4n) is 2.51. The van der Waals surface area contributed by atoms with Gasteiger partial charge in [-0.1, -0.05) is 30.3 Å². The monoisotopic (exact) mass is 332 g/mol. The minimum absolute atomic E-state index is 0.307. The van der Waals surface area contributed by atoms with Crippen molar-refractivity contribution >= 4 is 16.8 Å². The van der Waals surface area contributed by atoms with Gasteiger partial charge in [0.05, 0.1) is 11.6 Å². The number of nitrogens with one attached hydrogen (secondary N) is 2. The van der Waals surface area contributed by atoms with E-state index >= 15 is 0 Å². The lowest BCUT2D eigenvalue weighted by Gasteiger charge is -2.15. The Hall–Kier alpha value is -2.76. The second-order valence-corrected chi connectivity index (χ2v) is 5.59. The molecular weight excluding hydrogens is 317 g/mol. The number of rotatable bonds is 3. The van der Waals surface area contributed by atoms with E-state index in [1.165, 1.54) is 12.1 Å². The first kappa shape index (κ1) is 16.1. The van der Waals surface area contributed by atoms with Crippen LogP contribution in [-0.2, 0) is 6.18 Å². The summed E-state index contributed by atoms with van der Waals surface area (Å²) in [4.78, 5) is 15.3. The molecule has 0 radical (unpaired) electrons. The molecule has 1 atom stereocenters. The molecule has 1 unspecified atom stereocenters. The quantitative estimate of drug-likeness (QED) is 0.719. The number of H-pyrrole nitrogens is 1. The van der Waals surface area contributed by atoms with E-state index in [1.54, 1.807) is 13.0 Å². The number of carbonyl (C=O) groups excluding carboxylic acids is 1. The fourth-order valence-corrected chi connectivity index (χ4v) is 2.51. The van der Waals surface area contributed by atoms with E-state index in [2.05, 4.69) is 10.3 Å². The van der Waals surface area contributed by atoms with E-state index in [4.69, 9.17) is 0 Å². The largest absolute Gasteiger partial charge is 0.416 e. The lowest BCUT2D eigenvalue weighted by atomic mass is 10.1. The summed E-state index contributed by atoms with van der Waals surface area (Å²) >= 11 is 0. The Morgan fingerprint density at radius 3 is 2.38 bits per heavy atom. The second kappa shape index (κ2) is 6.03. The minimum atomic E-state index is -4.37. The molecule has 3 aromatic rings. The molecular formula is C18H15F3N2O. The van der Waals surface area contributed by atoms with Crippen molar-refractivity contribution in [2.45, 2.75) is 19.1 Å². The Labute approximate surface area is 136 Å². The topological polar surface area (TPSA) is 44.9 Å². The van der Waals surface area contributed by atoms with Gasteiger partial charge in [-0.05, 0) is 36.8 Å². The standard InChI is InChI=1S/C18H15F3N2O/c1-11(12-6-8-14(9-7-12)18(19,20)21)22-17(24)16-10-13-4-2-3-5-15(13)23-16/h2-11,23H,1H3,(H,22,24). The van der Waals surface area contributed by atoms with Gasteiger partial charge >= 0.3 is 6.18 Å². The van der Waals surface area contributed by atoms with Gasteiger partial charge in [-0.2, -0.15) is 13.2 Å². The smallest absolute Gasteiger partial charge is 0.351 e. The normalized spacial score (nSPS) is 13.0. The summed E-state index contributed by atoms with van der Waals surface area (Å²) in [5, 5.41) is 3.70. The van der Waals surface area contributed by atoms with Crippen LogP contribution in [0.15, 0.2) is 54.6 Å². The van der Waals surface area contributed by atoms with Gasteiger partial charge in [-0.3, -0.25) is 4.79 Å². The van der Waals surface area contributed by atoms with Crippen LogP contribution in [0.3, 0.4) is 0 Å². The van der Waals surface area contributed by atoms with Crippen LogP contribution >= 0.6 is 0 Å². The van der Waals surface area contributed by atoms with Gasteiger partial charge in [0.1, 0.15) is 5.69 Å². The molecule has 0 aliphatic carbocycles. The Kier molecular flexibility index (Phi) is 4.05. The summed E-state index contributed by atoms with van der Waals surface area (Å²) in [7, 11) is 0. The molecule has 6 heteroatoms. The van der Waals surface area contributed by atoms with E-state index in [0.29, 0.717) is 11.3 Å². The number of aromatic nitrogens is 1. The highest BCUT2D eigenvalue weighted by atomic mass is 19.4. The highest BCUT2D eigenvalue weighted by Gasteiger charge is 2.30. The van der Waals surface area contributed by atoms with E-state index in [1.807, 2.05) is 24.3 Å². The molecule has 1 aromatic heterocycles. The average Bonchev–Trinajstić information content (AvgIpc) is 2.98. The van der Waals surface area contributed by atoms with Gasteiger partial charge in [-0.25, -0.2) is 0 Å². The Morgan fingerprint density at radius 2 is 1.75 bits per heavy atom. The number of alkyl halides is 3. The number of aromatic amines is 1. The van der Waals surface area contributed by atoms with Crippen molar-refractivity contribution < 1.29 is 18.0 Å². The van der Waals surface area contributed by atoms with Crippen molar-refractivity contribution in [3.63, 3.8) is 0 Å². The zero-order valence-electron chi connectivity index (χ0n) is 12.8. The predicted octanol–water partition coefficient (Wildman–Crippen LogP) is 4.68. The number of amides is 1. The highest BCUT2D eigenvalue weighted by molar-refractivity contribution is 5.98. The summed E-state index contributed by atoms with van der Waals surface area (Å²) in [5.74, 6) is -0.307. The summed E-state index contributed by atoms with van der Waals surface area (Å²) in [5.41, 5.74) is 1.16. The molecule has 0 spiro atoms. The molecule has 1 heterocycles. The van der Waals surface area contributed by atoms with E-state index in [0.717, 1.165) is 23.0 Å². The van der Waals surface area contributed by atoms with Crippen LogP contribution in [0.25, 0.3) is 10.9 Å². The zero-order chi connectivity index (χ0) is 17.3. The van der Waals surface area contributed by atoms with Crippen LogP contribution in [0, 0.1) is 0 Å². The van der Waals surface area contributed by atoms with E-state index in [-0.39, 0.29) is 5.91 Å². The lowest BCUT2D eigenvalue weighted by Crippen LogP contribution is -2.26. The number of hydrogen-bond acceptors (Lipinski definition) is 1. The van der Waals surface area contributed by atoms with E-state index in [9.17, 15) is 18.0 Å². The van der Waals surface area contributed by atoms with Gasteiger partial charge < -0.3 is 10.3 Å². The molecule has 0 saturated carbocycles. The summed E-state index contributed by atoms with van der Waals surface area (Å²) in [6, 6.07) is 13.6. The number of hydrogen-bond donors (Lipinski definition) is 2. The Bertz CT molecular complexity index is 833. The van der Waals surface area contributed by atoms with Crippen molar-refractivity contribution in [1.82, 2.24) is 10.3 Å². The maximum atomic E-state index is 12.6. The maximum Gasteiger partial charge on any atom is 0.416 e. The average molecular weight is 332 g/mol. The minimum Gasteiger partial charge on any atom is -0.351 e. The molecule has 124 valence electrons. The van der Waals surface area contributed by atoms with Crippen molar-refractivity contribution in [1.29, 1.82) is 0 Å². The zero-order valence-corrected chi connectivity index (χ0v) is 12.8. The molecule has 0 aliphatic rings. The lowest BCUT2D eigenvalue weighted by molar-refractivity contribution is -0.137. The van der Waals surface area contributed by atoms with Crippen molar-refractivity contribution in [3.8, 4) is 0 Å².